The van der Waals surface area contributed by atoms with E-state index < -0.39 is 13.4 Å². The van der Waals surface area contributed by atoms with Crippen molar-refractivity contribution >= 4 is 7.82 Å². The minimum absolute atomic E-state index is 0.249. The molecule has 1 aromatic heterocycles. The number of hydrogen-bond donors (Lipinski definition) is 3. The molecular formula is C20H26NO6P. The van der Waals surface area contributed by atoms with Gasteiger partial charge in [0.25, 0.3) is 0 Å². The van der Waals surface area contributed by atoms with Gasteiger partial charge in [-0.2, -0.15) is 0 Å². The smallest absolute Gasteiger partial charge is 0.469 e. The van der Waals surface area contributed by atoms with Gasteiger partial charge in [-0.05, 0) is 68.5 Å². The topological polar surface area (TPSA) is 115 Å². The number of ether oxygens (including phenoxy) is 1. The highest BCUT2D eigenvalue weighted by Crippen LogP contribution is 2.36. The molecule has 0 saturated carbocycles. The molecule has 1 aromatic carbocycles. The first-order chi connectivity index (χ1) is 13.0. The van der Waals surface area contributed by atoms with E-state index in [0.717, 1.165) is 5.75 Å². The molecule has 2 aromatic rings. The van der Waals surface area contributed by atoms with Gasteiger partial charge >= 0.3 is 7.82 Å². The first-order valence-corrected chi connectivity index (χ1v) is 10.3. The first-order valence-electron chi connectivity index (χ1n) is 8.81. The van der Waals surface area contributed by atoms with Gasteiger partial charge in [0.1, 0.15) is 18.1 Å². The number of nitrogens with two attached hydrogens (primary N) is 1. The summed E-state index contributed by atoms with van der Waals surface area (Å²) in [5, 5.41) is 0. The van der Waals surface area contributed by atoms with E-state index in [0.29, 0.717) is 24.4 Å². The number of phosphoric ester groups is 1. The van der Waals surface area contributed by atoms with Gasteiger partial charge in [0.2, 0.25) is 0 Å². The monoisotopic (exact) mass is 407 g/mol. The van der Waals surface area contributed by atoms with Crippen molar-refractivity contribution in [1.29, 1.82) is 0 Å². The van der Waals surface area contributed by atoms with Crippen molar-refractivity contribution < 1.29 is 28.0 Å². The second-order valence-corrected chi connectivity index (χ2v) is 8.26. The zero-order valence-corrected chi connectivity index (χ0v) is 17.2. The number of benzene rings is 1. The fourth-order valence-corrected chi connectivity index (χ4v) is 2.80. The average molecular weight is 407 g/mol. The third-order valence-electron chi connectivity index (χ3n) is 4.17. The number of furan rings is 1. The lowest BCUT2D eigenvalue weighted by atomic mass is 9.98. The van der Waals surface area contributed by atoms with Gasteiger partial charge in [-0.15, -0.1) is 0 Å². The highest BCUT2D eigenvalue weighted by molar-refractivity contribution is 7.46. The Morgan fingerprint density at radius 3 is 2.64 bits per heavy atom. The molecule has 0 amide bonds. The van der Waals surface area contributed by atoms with E-state index in [4.69, 9.17) is 24.7 Å². The molecule has 7 nitrogen and oxygen atoms in total. The van der Waals surface area contributed by atoms with Crippen molar-refractivity contribution in [2.45, 2.75) is 39.2 Å². The van der Waals surface area contributed by atoms with Gasteiger partial charge in [-0.25, -0.2) is 4.57 Å². The first kappa shape index (κ1) is 22.2. The molecule has 2 rings (SSSR count). The van der Waals surface area contributed by atoms with E-state index in [-0.39, 0.29) is 13.2 Å². The molecule has 1 heterocycles. The maximum Gasteiger partial charge on any atom is 0.469 e. The maximum atomic E-state index is 10.8. The standard InChI is InChI=1S/C20H26NO6P/c1-15-6-7-19(13-16(15)2)25-12-4-5-17-8-9-18(27-17)10-11-20(3,21)14-26-28(22,23)24/h6-9,13H,10-12,14,21H2,1-3H3,(H2,22,23,24). The third-order valence-corrected chi connectivity index (χ3v) is 4.63. The molecule has 0 aliphatic heterocycles. The Hall–Kier alpha value is -2.07. The quantitative estimate of drug-likeness (QED) is 0.455. The number of hydrogen-bond acceptors (Lipinski definition) is 5. The van der Waals surface area contributed by atoms with Gasteiger partial charge < -0.3 is 24.7 Å². The molecule has 8 heteroatoms. The van der Waals surface area contributed by atoms with E-state index in [1.165, 1.54) is 11.1 Å². The summed E-state index contributed by atoms with van der Waals surface area (Å²) in [5.41, 5.74) is 7.49. The van der Waals surface area contributed by atoms with Crippen LogP contribution in [0.1, 0.15) is 36.0 Å². The molecular weight excluding hydrogens is 381 g/mol. The molecule has 0 fully saturated rings. The minimum Gasteiger partial charge on any atom is -0.481 e. The van der Waals surface area contributed by atoms with Crippen LogP contribution < -0.4 is 10.5 Å². The average Bonchev–Trinajstić information content (AvgIpc) is 3.06. The van der Waals surface area contributed by atoms with Crippen molar-refractivity contribution in [1.82, 2.24) is 0 Å². The Bertz CT molecular complexity index is 903. The number of aryl methyl sites for hydroxylation is 3. The molecule has 1 atom stereocenters. The zero-order chi connectivity index (χ0) is 20.8. The van der Waals surface area contributed by atoms with Crippen LogP contribution in [0.2, 0.25) is 0 Å². The summed E-state index contributed by atoms with van der Waals surface area (Å²) >= 11 is 0. The van der Waals surface area contributed by atoms with Gasteiger partial charge in [0, 0.05) is 12.0 Å². The predicted molar refractivity (Wildman–Crippen MR) is 106 cm³/mol. The molecule has 0 radical (unpaired) electrons. The van der Waals surface area contributed by atoms with Crippen molar-refractivity contribution in [3.63, 3.8) is 0 Å². The molecule has 152 valence electrons. The largest absolute Gasteiger partial charge is 0.481 e. The van der Waals surface area contributed by atoms with E-state index in [9.17, 15) is 4.57 Å². The maximum absolute atomic E-state index is 10.8. The highest BCUT2D eigenvalue weighted by atomic mass is 31.2. The van der Waals surface area contributed by atoms with Crippen molar-refractivity contribution in [3.8, 4) is 17.6 Å². The Morgan fingerprint density at radius 1 is 1.21 bits per heavy atom. The lowest BCUT2D eigenvalue weighted by Gasteiger charge is -2.23. The van der Waals surface area contributed by atoms with Gasteiger partial charge in [-0.1, -0.05) is 12.0 Å². The van der Waals surface area contributed by atoms with Crippen LogP contribution >= 0.6 is 7.82 Å². The van der Waals surface area contributed by atoms with Crippen LogP contribution in [0.4, 0.5) is 0 Å². The number of rotatable bonds is 8. The lowest BCUT2D eigenvalue weighted by molar-refractivity contribution is 0.154. The molecule has 0 aliphatic carbocycles. The second kappa shape index (κ2) is 9.42. The summed E-state index contributed by atoms with van der Waals surface area (Å²) in [7, 11) is -4.53. The Balaban J connectivity index is 1.81. The van der Waals surface area contributed by atoms with Crippen LogP contribution in [0, 0.1) is 25.7 Å². The van der Waals surface area contributed by atoms with Crippen LogP contribution in [-0.4, -0.2) is 28.5 Å². The van der Waals surface area contributed by atoms with Crippen LogP contribution in [0.3, 0.4) is 0 Å². The normalized spacial score (nSPS) is 13.5. The Kier molecular flexibility index (Phi) is 7.48. The van der Waals surface area contributed by atoms with Crippen molar-refractivity contribution in [2.75, 3.05) is 13.2 Å². The Labute approximate surface area is 165 Å². The molecule has 0 spiro atoms. The molecule has 28 heavy (non-hydrogen) atoms. The SMILES string of the molecule is Cc1ccc(OCC#Cc2ccc(CCC(C)(N)COP(=O)(O)O)o2)cc1C. The summed E-state index contributed by atoms with van der Waals surface area (Å²) in [5.74, 6) is 7.79. The van der Waals surface area contributed by atoms with Crippen molar-refractivity contribution in [3.05, 3.63) is 53.0 Å². The summed E-state index contributed by atoms with van der Waals surface area (Å²) < 4.78 is 26.5. The highest BCUT2D eigenvalue weighted by Gasteiger charge is 2.24. The molecule has 0 aliphatic rings. The summed E-state index contributed by atoms with van der Waals surface area (Å²) in [6.45, 7) is 5.74. The van der Waals surface area contributed by atoms with E-state index in [2.05, 4.69) is 16.4 Å². The fraction of sp³-hybridized carbons (Fsp3) is 0.400. The molecule has 4 N–H and O–H groups in total. The van der Waals surface area contributed by atoms with E-state index in [1.807, 2.05) is 32.0 Å². The van der Waals surface area contributed by atoms with Gasteiger partial charge in [0.05, 0.1) is 6.61 Å². The van der Waals surface area contributed by atoms with E-state index >= 15 is 0 Å². The lowest BCUT2D eigenvalue weighted by Crippen LogP contribution is -2.41. The zero-order valence-electron chi connectivity index (χ0n) is 16.3. The summed E-state index contributed by atoms with van der Waals surface area (Å²) in [6.07, 6.45) is 0.932. The minimum atomic E-state index is -4.53. The number of phosphoric acid groups is 1. The van der Waals surface area contributed by atoms with Crippen molar-refractivity contribution in [2.24, 2.45) is 5.73 Å². The van der Waals surface area contributed by atoms with Gasteiger partial charge in [0.15, 0.2) is 5.76 Å². The Morgan fingerprint density at radius 2 is 1.96 bits per heavy atom. The molecule has 0 bridgehead atoms. The molecule has 0 saturated heterocycles. The van der Waals surface area contributed by atoms with Crippen LogP contribution in [-0.2, 0) is 15.5 Å². The fourth-order valence-electron chi connectivity index (χ4n) is 2.34. The summed E-state index contributed by atoms with van der Waals surface area (Å²) in [6, 6.07) is 9.45. The van der Waals surface area contributed by atoms with Crippen LogP contribution in [0.25, 0.3) is 0 Å². The second-order valence-electron chi connectivity index (χ2n) is 7.02. The molecule has 1 unspecified atom stereocenters. The van der Waals surface area contributed by atoms with Crippen LogP contribution in [0.5, 0.6) is 5.75 Å². The van der Waals surface area contributed by atoms with E-state index in [1.54, 1.807) is 19.1 Å². The third kappa shape index (κ3) is 7.89. The van der Waals surface area contributed by atoms with Crippen LogP contribution in [0.15, 0.2) is 34.7 Å². The predicted octanol–water partition coefficient (Wildman–Crippen LogP) is 3.09. The van der Waals surface area contributed by atoms with Gasteiger partial charge in [-0.3, -0.25) is 4.52 Å². The summed E-state index contributed by atoms with van der Waals surface area (Å²) in [4.78, 5) is 17.5.